The molecule has 2 aromatic rings. The minimum atomic E-state index is -1.20. The molecule has 0 spiro atoms. The van der Waals surface area contributed by atoms with Crippen LogP contribution in [0.5, 0.6) is 0 Å². The van der Waals surface area contributed by atoms with Gasteiger partial charge >= 0.3 is 11.9 Å². The average Bonchev–Trinajstić information content (AvgIpc) is 2.65. The molecule has 24 heavy (non-hydrogen) atoms. The summed E-state index contributed by atoms with van der Waals surface area (Å²) in [6, 6.07) is 16.6. The summed E-state index contributed by atoms with van der Waals surface area (Å²) in [7, 11) is 2.38. The van der Waals surface area contributed by atoms with Gasteiger partial charge in [-0.25, -0.2) is 0 Å². The number of rotatable bonds is 6. The van der Waals surface area contributed by atoms with Crippen molar-refractivity contribution in [1.82, 2.24) is 0 Å². The van der Waals surface area contributed by atoms with E-state index in [0.29, 0.717) is 5.56 Å². The predicted molar refractivity (Wildman–Crippen MR) is 88.3 cm³/mol. The first kappa shape index (κ1) is 17.4. The van der Waals surface area contributed by atoms with Gasteiger partial charge in [-0.2, -0.15) is 0 Å². The Labute approximate surface area is 140 Å². The van der Waals surface area contributed by atoms with Gasteiger partial charge in [0.25, 0.3) is 0 Å². The van der Waals surface area contributed by atoms with Crippen LogP contribution < -0.4 is 0 Å². The minimum Gasteiger partial charge on any atom is -0.469 e. The summed E-state index contributed by atoms with van der Waals surface area (Å²) >= 11 is 0. The Morgan fingerprint density at radius 1 is 0.833 bits per heavy atom. The second-order valence-electron chi connectivity index (χ2n) is 5.16. The van der Waals surface area contributed by atoms with Crippen molar-refractivity contribution in [1.29, 1.82) is 0 Å². The van der Waals surface area contributed by atoms with Crippen LogP contribution in [-0.4, -0.2) is 31.9 Å². The van der Waals surface area contributed by atoms with Crippen LogP contribution in [0.2, 0.25) is 0 Å². The maximum atomic E-state index is 12.5. The van der Waals surface area contributed by atoms with Crippen LogP contribution in [0.15, 0.2) is 54.6 Å². The summed E-state index contributed by atoms with van der Waals surface area (Å²) in [4.78, 5) is 35.8. The maximum absolute atomic E-state index is 12.5. The van der Waals surface area contributed by atoms with Gasteiger partial charge in [-0.15, -0.1) is 0 Å². The second-order valence-corrected chi connectivity index (χ2v) is 5.16. The molecule has 5 heteroatoms. The van der Waals surface area contributed by atoms with Gasteiger partial charge in [-0.05, 0) is 11.1 Å². The third-order valence-electron chi connectivity index (χ3n) is 3.68. The van der Waals surface area contributed by atoms with E-state index in [1.165, 1.54) is 14.2 Å². The number of Topliss-reactive ketones (excluding diaryl/α,β-unsaturated/α-hetero) is 1. The number of ether oxygens (including phenoxy) is 2. The quantitative estimate of drug-likeness (QED) is 0.464. The largest absolute Gasteiger partial charge is 0.469 e. The summed E-state index contributed by atoms with van der Waals surface area (Å²) in [6.07, 6.45) is -0.345. The standard InChI is InChI=1S/C19H18O5/c1-23-17(20)12-16(19(22)24-2)18(21)15-10-8-14(9-11-15)13-6-4-3-5-7-13/h3-11,16H,12H2,1-2H3. The Morgan fingerprint density at radius 3 is 1.96 bits per heavy atom. The van der Waals surface area contributed by atoms with E-state index in [0.717, 1.165) is 11.1 Å². The van der Waals surface area contributed by atoms with E-state index in [4.69, 9.17) is 0 Å². The molecule has 0 aliphatic heterocycles. The summed E-state index contributed by atoms with van der Waals surface area (Å²) in [5.41, 5.74) is 2.32. The van der Waals surface area contributed by atoms with E-state index in [1.807, 2.05) is 30.3 Å². The van der Waals surface area contributed by atoms with Gasteiger partial charge in [0.05, 0.1) is 20.6 Å². The minimum absolute atomic E-state index is 0.342. The van der Waals surface area contributed by atoms with Crippen molar-refractivity contribution in [3.05, 3.63) is 60.2 Å². The molecule has 1 atom stereocenters. The summed E-state index contributed by atoms with van der Waals surface area (Å²) in [5, 5.41) is 0. The molecule has 2 rings (SSSR count). The van der Waals surface area contributed by atoms with E-state index < -0.39 is 23.6 Å². The lowest BCUT2D eigenvalue weighted by atomic mass is 9.93. The molecule has 5 nitrogen and oxygen atoms in total. The molecule has 124 valence electrons. The van der Waals surface area contributed by atoms with Crippen molar-refractivity contribution >= 4 is 17.7 Å². The number of carbonyl (C=O) groups excluding carboxylic acids is 3. The number of ketones is 1. The fraction of sp³-hybridized carbons (Fsp3) is 0.211. The van der Waals surface area contributed by atoms with Crippen molar-refractivity contribution in [2.24, 2.45) is 5.92 Å². The zero-order chi connectivity index (χ0) is 17.5. The first-order chi connectivity index (χ1) is 11.6. The van der Waals surface area contributed by atoms with Crippen LogP contribution in [0.25, 0.3) is 11.1 Å². The molecular formula is C19H18O5. The second kappa shape index (κ2) is 8.06. The van der Waals surface area contributed by atoms with Crippen molar-refractivity contribution in [3.8, 4) is 11.1 Å². The van der Waals surface area contributed by atoms with Gasteiger partial charge in [0.1, 0.15) is 5.92 Å². The molecular weight excluding hydrogens is 308 g/mol. The summed E-state index contributed by atoms with van der Waals surface area (Å²) in [6.45, 7) is 0. The molecule has 0 fully saturated rings. The Kier molecular flexibility index (Phi) is 5.84. The summed E-state index contributed by atoms with van der Waals surface area (Å²) in [5.74, 6) is -3.06. The topological polar surface area (TPSA) is 69.7 Å². The highest BCUT2D eigenvalue weighted by molar-refractivity contribution is 6.10. The smallest absolute Gasteiger partial charge is 0.317 e. The van der Waals surface area contributed by atoms with Gasteiger partial charge in [0, 0.05) is 5.56 Å². The molecule has 0 saturated carbocycles. The number of esters is 2. The number of benzene rings is 2. The van der Waals surface area contributed by atoms with Crippen molar-refractivity contribution < 1.29 is 23.9 Å². The van der Waals surface area contributed by atoms with Crippen LogP contribution in [-0.2, 0) is 19.1 Å². The zero-order valence-electron chi connectivity index (χ0n) is 13.5. The van der Waals surface area contributed by atoms with E-state index >= 15 is 0 Å². The van der Waals surface area contributed by atoms with E-state index in [2.05, 4.69) is 9.47 Å². The van der Waals surface area contributed by atoms with Crippen LogP contribution in [0.4, 0.5) is 0 Å². The van der Waals surface area contributed by atoms with Gasteiger partial charge in [-0.1, -0.05) is 54.6 Å². The van der Waals surface area contributed by atoms with Crippen LogP contribution in [0.1, 0.15) is 16.8 Å². The molecule has 1 unspecified atom stereocenters. The van der Waals surface area contributed by atoms with Crippen molar-refractivity contribution in [2.45, 2.75) is 6.42 Å². The Hall–Kier alpha value is -2.95. The molecule has 0 saturated heterocycles. The lowest BCUT2D eigenvalue weighted by Crippen LogP contribution is -2.28. The molecule has 2 aromatic carbocycles. The highest BCUT2D eigenvalue weighted by Crippen LogP contribution is 2.21. The molecule has 0 aromatic heterocycles. The highest BCUT2D eigenvalue weighted by atomic mass is 16.5. The van der Waals surface area contributed by atoms with Gasteiger partial charge in [-0.3, -0.25) is 14.4 Å². The summed E-state index contributed by atoms with van der Waals surface area (Å²) < 4.78 is 9.17. The number of carbonyl (C=O) groups is 3. The van der Waals surface area contributed by atoms with Crippen molar-refractivity contribution in [2.75, 3.05) is 14.2 Å². The molecule has 0 N–H and O–H groups in total. The number of hydrogen-bond donors (Lipinski definition) is 0. The average molecular weight is 326 g/mol. The third kappa shape index (κ3) is 4.07. The highest BCUT2D eigenvalue weighted by Gasteiger charge is 2.31. The molecule has 0 radical (unpaired) electrons. The maximum Gasteiger partial charge on any atom is 0.317 e. The molecule has 0 aliphatic rings. The number of methoxy groups -OCH3 is 2. The molecule has 0 bridgehead atoms. The Balaban J connectivity index is 2.23. The molecule has 0 heterocycles. The lowest BCUT2D eigenvalue weighted by molar-refractivity contribution is -0.150. The van der Waals surface area contributed by atoms with E-state index in [-0.39, 0.29) is 6.42 Å². The SMILES string of the molecule is COC(=O)CC(C(=O)OC)C(=O)c1ccc(-c2ccccc2)cc1. The molecule has 0 aliphatic carbocycles. The predicted octanol–water partition coefficient (Wildman–Crippen LogP) is 2.89. The van der Waals surface area contributed by atoms with E-state index in [9.17, 15) is 14.4 Å². The van der Waals surface area contributed by atoms with Crippen LogP contribution in [0, 0.1) is 5.92 Å². The van der Waals surface area contributed by atoms with Crippen LogP contribution >= 0.6 is 0 Å². The van der Waals surface area contributed by atoms with E-state index in [1.54, 1.807) is 24.3 Å². The fourth-order valence-electron chi connectivity index (χ4n) is 2.33. The van der Waals surface area contributed by atoms with Crippen molar-refractivity contribution in [3.63, 3.8) is 0 Å². The lowest BCUT2D eigenvalue weighted by Gasteiger charge is -2.13. The van der Waals surface area contributed by atoms with Crippen LogP contribution in [0.3, 0.4) is 0 Å². The first-order valence-corrected chi connectivity index (χ1v) is 7.41. The number of hydrogen-bond acceptors (Lipinski definition) is 5. The molecule has 0 amide bonds. The normalized spacial score (nSPS) is 11.4. The third-order valence-corrected chi connectivity index (χ3v) is 3.68. The monoisotopic (exact) mass is 326 g/mol. The fourth-order valence-corrected chi connectivity index (χ4v) is 2.33. The first-order valence-electron chi connectivity index (χ1n) is 7.41. The van der Waals surface area contributed by atoms with Gasteiger partial charge in [0.15, 0.2) is 5.78 Å². The Bertz CT molecular complexity index is 719. The zero-order valence-corrected chi connectivity index (χ0v) is 13.5. The van der Waals surface area contributed by atoms with Gasteiger partial charge in [0.2, 0.25) is 0 Å². The Morgan fingerprint density at radius 2 is 1.42 bits per heavy atom. The van der Waals surface area contributed by atoms with Gasteiger partial charge < -0.3 is 9.47 Å².